The summed E-state index contributed by atoms with van der Waals surface area (Å²) < 4.78 is 20.9. The van der Waals surface area contributed by atoms with Crippen molar-refractivity contribution in [3.63, 3.8) is 0 Å². The molecule has 4 aromatic rings. The first-order chi connectivity index (χ1) is 16.3. The summed E-state index contributed by atoms with van der Waals surface area (Å²) in [5.41, 5.74) is 7.31. The molecule has 6 rings (SSSR count). The van der Waals surface area contributed by atoms with Gasteiger partial charge in [-0.25, -0.2) is 0 Å². The van der Waals surface area contributed by atoms with E-state index in [4.69, 9.17) is 9.47 Å². The molecule has 0 aromatic carbocycles. The molecule has 164 valence electrons. The van der Waals surface area contributed by atoms with Gasteiger partial charge in [0.1, 0.15) is 6.79 Å². The van der Waals surface area contributed by atoms with Crippen molar-refractivity contribution in [2.75, 3.05) is 6.79 Å². The zero-order chi connectivity index (χ0) is 22.0. The fourth-order valence-electron chi connectivity index (χ4n) is 4.81. The van der Waals surface area contributed by atoms with Gasteiger partial charge in [-0.2, -0.15) is 18.3 Å². The van der Waals surface area contributed by atoms with Crippen LogP contribution in [0.1, 0.15) is 11.1 Å². The fourth-order valence-corrected chi connectivity index (χ4v) is 4.81. The smallest absolute Gasteiger partial charge is 0.277 e. The van der Waals surface area contributed by atoms with Crippen LogP contribution in [0, 0.1) is 0 Å². The van der Waals surface area contributed by atoms with E-state index < -0.39 is 0 Å². The number of hydrogen-bond acceptors (Lipinski definition) is 2. The maximum atomic E-state index is 5.81. The van der Waals surface area contributed by atoms with Gasteiger partial charge in [-0.1, -0.05) is 0 Å². The molecule has 0 N–H and O–H groups in total. The SMILES string of the molecule is c1cc[n+]2c(c1)-c1ccc(COCOCc3ccc4[n+](c3)CC[n+]3ccccc3-4)c[n+]1CC2. The van der Waals surface area contributed by atoms with Crippen LogP contribution in [0.3, 0.4) is 0 Å². The highest BCUT2D eigenvalue weighted by Crippen LogP contribution is 2.16. The Morgan fingerprint density at radius 1 is 0.515 bits per heavy atom. The van der Waals surface area contributed by atoms with Gasteiger partial charge in [0.15, 0.2) is 24.8 Å². The van der Waals surface area contributed by atoms with Crippen LogP contribution < -0.4 is 18.3 Å². The molecule has 0 amide bonds. The first-order valence-corrected chi connectivity index (χ1v) is 11.5. The summed E-state index contributed by atoms with van der Waals surface area (Å²) in [4.78, 5) is 0. The summed E-state index contributed by atoms with van der Waals surface area (Å²) in [6, 6.07) is 21.4. The lowest BCUT2D eigenvalue weighted by Gasteiger charge is -2.11. The number of hydrogen-bond donors (Lipinski definition) is 0. The molecule has 2 aliphatic heterocycles. The molecular weight excluding hydrogens is 412 g/mol. The summed E-state index contributed by atoms with van der Waals surface area (Å²) >= 11 is 0. The van der Waals surface area contributed by atoms with Gasteiger partial charge in [-0.15, -0.1) is 0 Å². The average Bonchev–Trinajstić information content (AvgIpc) is 2.88. The predicted octanol–water partition coefficient (Wildman–Crippen LogP) is 1.89. The van der Waals surface area contributed by atoms with Gasteiger partial charge in [0.2, 0.25) is 26.2 Å². The monoisotopic (exact) mass is 440 g/mol. The van der Waals surface area contributed by atoms with E-state index in [1.54, 1.807) is 0 Å². The van der Waals surface area contributed by atoms with Crippen LogP contribution in [0.4, 0.5) is 0 Å². The Balaban J connectivity index is 1.03. The van der Waals surface area contributed by atoms with Crippen molar-refractivity contribution in [2.24, 2.45) is 0 Å². The third kappa shape index (κ3) is 4.03. The Kier molecular flexibility index (Phi) is 5.38. The van der Waals surface area contributed by atoms with Crippen molar-refractivity contribution < 1.29 is 27.7 Å². The van der Waals surface area contributed by atoms with E-state index in [-0.39, 0.29) is 6.79 Å². The fraction of sp³-hybridized carbons (Fsp3) is 0.259. The topological polar surface area (TPSA) is 34.0 Å². The van der Waals surface area contributed by atoms with Crippen molar-refractivity contribution in [3.05, 3.63) is 96.6 Å². The summed E-state index contributed by atoms with van der Waals surface area (Å²) in [5, 5.41) is 0. The van der Waals surface area contributed by atoms with Crippen LogP contribution >= 0.6 is 0 Å². The average molecular weight is 441 g/mol. The third-order valence-corrected chi connectivity index (χ3v) is 6.45. The van der Waals surface area contributed by atoms with Crippen LogP contribution in [0.15, 0.2) is 85.5 Å². The molecule has 6 heteroatoms. The Bertz CT molecular complexity index is 1220. The van der Waals surface area contributed by atoms with Gasteiger partial charge in [-0.05, 0) is 24.3 Å². The number of nitrogens with zero attached hydrogens (tertiary/aromatic N) is 4. The van der Waals surface area contributed by atoms with Gasteiger partial charge in [0.25, 0.3) is 22.8 Å². The summed E-state index contributed by atoms with van der Waals surface area (Å²) in [6.45, 7) is 5.29. The predicted molar refractivity (Wildman–Crippen MR) is 119 cm³/mol. The van der Waals surface area contributed by atoms with E-state index >= 15 is 0 Å². The summed E-state index contributed by atoms with van der Waals surface area (Å²) in [7, 11) is 0. The Labute approximate surface area is 193 Å². The molecule has 0 saturated heterocycles. The van der Waals surface area contributed by atoms with Crippen molar-refractivity contribution in [2.45, 2.75) is 39.4 Å². The molecule has 0 bridgehead atoms. The molecule has 0 saturated carbocycles. The van der Waals surface area contributed by atoms with E-state index in [1.165, 1.54) is 22.8 Å². The molecule has 0 radical (unpaired) electrons. The molecule has 6 heterocycles. The van der Waals surface area contributed by atoms with Crippen LogP contribution in [-0.2, 0) is 48.9 Å². The van der Waals surface area contributed by atoms with Crippen molar-refractivity contribution in [1.29, 1.82) is 0 Å². The van der Waals surface area contributed by atoms with E-state index in [9.17, 15) is 0 Å². The molecule has 33 heavy (non-hydrogen) atoms. The van der Waals surface area contributed by atoms with Gasteiger partial charge in [0.05, 0.1) is 13.2 Å². The minimum atomic E-state index is 0.279. The van der Waals surface area contributed by atoms with Crippen molar-refractivity contribution >= 4 is 0 Å². The molecule has 0 aliphatic carbocycles. The first-order valence-electron chi connectivity index (χ1n) is 11.5. The third-order valence-electron chi connectivity index (χ3n) is 6.45. The number of pyridine rings is 4. The Hall–Kier alpha value is -3.48. The molecule has 0 fully saturated rings. The minimum Gasteiger partial charge on any atom is -0.350 e. The van der Waals surface area contributed by atoms with Crippen LogP contribution in [0.5, 0.6) is 0 Å². The lowest BCUT2D eigenvalue weighted by Crippen LogP contribution is -2.53. The molecule has 0 spiro atoms. The molecule has 6 nitrogen and oxygen atoms in total. The number of rotatable bonds is 6. The zero-order valence-electron chi connectivity index (χ0n) is 18.6. The second kappa shape index (κ2) is 8.81. The Morgan fingerprint density at radius 2 is 0.970 bits per heavy atom. The maximum Gasteiger partial charge on any atom is 0.277 e. The highest BCUT2D eigenvalue weighted by molar-refractivity contribution is 5.47. The standard InChI is InChI=1S/C27H28N4O2/c1-3-11-28-13-15-30-17-22(7-9-26(30)24(28)5-1)19-32-21-33-20-23-8-10-27-25-6-2-4-12-29(25)14-16-31(27)18-23/h1-12,17-18H,13-16,19-21H2/q+4. The van der Waals surface area contributed by atoms with E-state index in [1.807, 2.05) is 0 Å². The lowest BCUT2D eigenvalue weighted by molar-refractivity contribution is -0.795. The van der Waals surface area contributed by atoms with Gasteiger partial charge >= 0.3 is 0 Å². The van der Waals surface area contributed by atoms with E-state index in [0.717, 1.165) is 37.3 Å². The lowest BCUT2D eigenvalue weighted by atomic mass is 10.1. The van der Waals surface area contributed by atoms with Gasteiger partial charge in [-0.3, -0.25) is 0 Å². The van der Waals surface area contributed by atoms with Crippen LogP contribution in [0.2, 0.25) is 0 Å². The van der Waals surface area contributed by atoms with E-state index in [0.29, 0.717) is 13.2 Å². The molecule has 2 aliphatic rings. The number of fused-ring (bicyclic) bond motifs is 6. The number of ether oxygens (including phenoxy) is 2. The Morgan fingerprint density at radius 3 is 1.48 bits per heavy atom. The van der Waals surface area contributed by atoms with E-state index in [2.05, 4.69) is 104 Å². The summed E-state index contributed by atoms with van der Waals surface area (Å²) in [6.07, 6.45) is 8.68. The van der Waals surface area contributed by atoms with Crippen LogP contribution in [-0.4, -0.2) is 6.79 Å². The number of aromatic nitrogens is 4. The quantitative estimate of drug-likeness (QED) is 0.261. The highest BCUT2D eigenvalue weighted by Gasteiger charge is 2.29. The molecule has 0 atom stereocenters. The zero-order valence-corrected chi connectivity index (χ0v) is 18.6. The number of aryl methyl sites for hydroxylation is 4. The minimum absolute atomic E-state index is 0.279. The highest BCUT2D eigenvalue weighted by atomic mass is 16.7. The second-order valence-corrected chi connectivity index (χ2v) is 8.61. The van der Waals surface area contributed by atoms with Crippen molar-refractivity contribution in [3.8, 4) is 22.8 Å². The second-order valence-electron chi connectivity index (χ2n) is 8.61. The van der Waals surface area contributed by atoms with Gasteiger partial charge in [0, 0.05) is 47.5 Å². The molecular formula is C27H28N4O2+4. The molecule has 0 unspecified atom stereocenters. The maximum absolute atomic E-state index is 5.81. The van der Waals surface area contributed by atoms with Gasteiger partial charge < -0.3 is 9.47 Å². The van der Waals surface area contributed by atoms with Crippen molar-refractivity contribution in [1.82, 2.24) is 0 Å². The van der Waals surface area contributed by atoms with Crippen LogP contribution in [0.25, 0.3) is 22.8 Å². The first kappa shape index (κ1) is 20.1. The normalized spacial score (nSPS) is 13.6. The largest absolute Gasteiger partial charge is 0.350 e. The summed E-state index contributed by atoms with van der Waals surface area (Å²) in [5.74, 6) is 0. The molecule has 4 aromatic heterocycles.